The Kier molecular flexibility index (Phi) is 3.68. The van der Waals surface area contributed by atoms with E-state index in [9.17, 15) is 4.79 Å². The molecule has 1 unspecified atom stereocenters. The Bertz CT molecular complexity index is 880. The van der Waals surface area contributed by atoms with Gasteiger partial charge in [-0.15, -0.1) is 0 Å². The summed E-state index contributed by atoms with van der Waals surface area (Å²) in [5, 5.41) is 13.1. The first-order valence-electron chi connectivity index (χ1n) is 8.19. The van der Waals surface area contributed by atoms with Gasteiger partial charge in [-0.2, -0.15) is 5.10 Å². The van der Waals surface area contributed by atoms with Gasteiger partial charge >= 0.3 is 6.03 Å². The zero-order valence-corrected chi connectivity index (χ0v) is 13.5. The van der Waals surface area contributed by atoms with Gasteiger partial charge < -0.3 is 15.0 Å². The van der Waals surface area contributed by atoms with Gasteiger partial charge in [0.05, 0.1) is 24.1 Å². The molecule has 0 fully saturated rings. The summed E-state index contributed by atoms with van der Waals surface area (Å²) >= 11 is 0. The van der Waals surface area contributed by atoms with Crippen molar-refractivity contribution in [2.24, 2.45) is 0 Å². The number of carbonyl (C=O) groups is 1. The topological polar surface area (TPSA) is 87.1 Å². The number of H-pyrrole nitrogens is 1. The number of aromatic amines is 1. The molecule has 2 amide bonds. The van der Waals surface area contributed by atoms with Crippen LogP contribution < -0.4 is 10.6 Å². The number of carbonyl (C=O) groups excluding carboxylic acids is 1. The molecule has 3 heterocycles. The lowest BCUT2D eigenvalue weighted by atomic mass is 9.94. The molecule has 1 atom stereocenters. The van der Waals surface area contributed by atoms with E-state index in [2.05, 4.69) is 25.8 Å². The average Bonchev–Trinajstić information content (AvgIpc) is 3.16. The van der Waals surface area contributed by atoms with Crippen LogP contribution >= 0.6 is 0 Å². The Morgan fingerprint density at radius 3 is 3.29 bits per heavy atom. The zero-order chi connectivity index (χ0) is 16.5. The third kappa shape index (κ3) is 2.73. The molecule has 0 radical (unpaired) electrons. The van der Waals surface area contributed by atoms with Gasteiger partial charge in [0.15, 0.2) is 0 Å². The van der Waals surface area contributed by atoms with Crippen molar-refractivity contribution in [1.29, 1.82) is 0 Å². The highest BCUT2D eigenvalue weighted by Gasteiger charge is 2.21. The summed E-state index contributed by atoms with van der Waals surface area (Å²) in [6.07, 6.45) is 6.49. The normalized spacial score (nSPS) is 16.8. The molecule has 3 aromatic heterocycles. The quantitative estimate of drug-likeness (QED) is 0.685. The zero-order valence-electron chi connectivity index (χ0n) is 13.5. The lowest BCUT2D eigenvalue weighted by Crippen LogP contribution is -2.44. The maximum Gasteiger partial charge on any atom is 0.315 e. The number of aryl methyl sites for hydroxylation is 2. The molecule has 124 valence electrons. The number of pyridine rings is 1. The number of imidazole rings is 1. The van der Waals surface area contributed by atoms with Gasteiger partial charge in [-0.05, 0) is 43.9 Å². The first-order valence-corrected chi connectivity index (χ1v) is 8.19. The summed E-state index contributed by atoms with van der Waals surface area (Å²) in [7, 11) is 0. The van der Waals surface area contributed by atoms with Gasteiger partial charge in [0.1, 0.15) is 5.65 Å². The number of hydrogen-bond acceptors (Lipinski definition) is 3. The molecule has 3 N–H and O–H groups in total. The molecule has 7 nitrogen and oxygen atoms in total. The van der Waals surface area contributed by atoms with Gasteiger partial charge in [-0.25, -0.2) is 9.78 Å². The van der Waals surface area contributed by atoms with Crippen LogP contribution in [0.5, 0.6) is 0 Å². The Morgan fingerprint density at radius 1 is 1.46 bits per heavy atom. The van der Waals surface area contributed by atoms with Crippen molar-refractivity contribution in [2.75, 3.05) is 0 Å². The van der Waals surface area contributed by atoms with Crippen LogP contribution in [-0.2, 0) is 19.4 Å². The van der Waals surface area contributed by atoms with Gasteiger partial charge in [-0.3, -0.25) is 5.10 Å². The molecule has 1 aliphatic rings. The molecule has 1 aliphatic carbocycles. The van der Waals surface area contributed by atoms with E-state index in [0.717, 1.165) is 36.3 Å². The van der Waals surface area contributed by atoms with E-state index in [4.69, 9.17) is 0 Å². The van der Waals surface area contributed by atoms with E-state index in [1.807, 2.05) is 41.9 Å². The molecule has 0 aromatic carbocycles. The van der Waals surface area contributed by atoms with Gasteiger partial charge in [0.2, 0.25) is 0 Å². The van der Waals surface area contributed by atoms with Crippen LogP contribution in [-0.4, -0.2) is 31.7 Å². The molecule has 4 rings (SSSR count). The van der Waals surface area contributed by atoms with Gasteiger partial charge in [0.25, 0.3) is 0 Å². The molecule has 0 bridgehead atoms. The predicted octanol–water partition coefficient (Wildman–Crippen LogP) is 1.72. The molecular formula is C17H20N6O. The monoisotopic (exact) mass is 324 g/mol. The van der Waals surface area contributed by atoms with E-state index >= 15 is 0 Å². The standard InChI is InChI=1S/C17H20N6O/c1-11-15(23-7-3-2-4-16(23)20-11)10-18-17(24)21-13-5-6-14-12(8-13)9-19-22-14/h2-4,7,9,13H,5-6,8,10H2,1H3,(H,19,22)(H2,18,21,24). The molecule has 0 saturated heterocycles. The van der Waals surface area contributed by atoms with Crippen molar-refractivity contribution in [1.82, 2.24) is 30.2 Å². The minimum Gasteiger partial charge on any atom is -0.335 e. The maximum atomic E-state index is 12.2. The van der Waals surface area contributed by atoms with Crippen molar-refractivity contribution in [2.45, 2.75) is 38.8 Å². The van der Waals surface area contributed by atoms with E-state index in [1.165, 1.54) is 11.3 Å². The highest BCUT2D eigenvalue weighted by Crippen LogP contribution is 2.18. The highest BCUT2D eigenvalue weighted by molar-refractivity contribution is 5.74. The lowest BCUT2D eigenvalue weighted by molar-refractivity contribution is 0.235. The van der Waals surface area contributed by atoms with Crippen LogP contribution in [0, 0.1) is 6.92 Å². The number of fused-ring (bicyclic) bond motifs is 2. The molecule has 0 spiro atoms. The van der Waals surface area contributed by atoms with Crippen LogP contribution in [0.25, 0.3) is 5.65 Å². The minimum absolute atomic E-state index is 0.141. The summed E-state index contributed by atoms with van der Waals surface area (Å²) in [6.45, 7) is 2.41. The number of nitrogens with zero attached hydrogens (tertiary/aromatic N) is 3. The second-order valence-electron chi connectivity index (χ2n) is 6.21. The number of amides is 2. The number of rotatable bonds is 3. The smallest absolute Gasteiger partial charge is 0.315 e. The number of aromatic nitrogens is 4. The molecule has 0 aliphatic heterocycles. The van der Waals surface area contributed by atoms with Crippen molar-refractivity contribution < 1.29 is 4.79 Å². The molecule has 3 aromatic rings. The third-order valence-electron chi connectivity index (χ3n) is 4.60. The Balaban J connectivity index is 1.37. The second kappa shape index (κ2) is 5.99. The Labute approximate surface area is 139 Å². The number of hydrogen-bond donors (Lipinski definition) is 3. The SMILES string of the molecule is Cc1nc2ccccn2c1CNC(=O)NC1CCc2[nH]ncc2C1. The molecule has 7 heteroatoms. The first-order chi connectivity index (χ1) is 11.7. The fraction of sp³-hybridized carbons (Fsp3) is 0.353. The van der Waals surface area contributed by atoms with Crippen LogP contribution in [0.3, 0.4) is 0 Å². The highest BCUT2D eigenvalue weighted by atomic mass is 16.2. The van der Waals surface area contributed by atoms with E-state index in [1.54, 1.807) is 0 Å². The van der Waals surface area contributed by atoms with Crippen LogP contribution in [0.1, 0.15) is 29.1 Å². The largest absolute Gasteiger partial charge is 0.335 e. The van der Waals surface area contributed by atoms with Crippen molar-refractivity contribution in [3.05, 3.63) is 53.2 Å². The summed E-state index contributed by atoms with van der Waals surface area (Å²) in [6, 6.07) is 5.89. The van der Waals surface area contributed by atoms with Crippen LogP contribution in [0.4, 0.5) is 4.79 Å². The lowest BCUT2D eigenvalue weighted by Gasteiger charge is -2.23. The molecular weight excluding hydrogens is 304 g/mol. The maximum absolute atomic E-state index is 12.2. The van der Waals surface area contributed by atoms with E-state index in [0.29, 0.717) is 6.54 Å². The summed E-state index contributed by atoms with van der Waals surface area (Å²) < 4.78 is 2.01. The van der Waals surface area contributed by atoms with Crippen LogP contribution in [0.2, 0.25) is 0 Å². The average molecular weight is 324 g/mol. The molecule has 24 heavy (non-hydrogen) atoms. The fourth-order valence-corrected chi connectivity index (χ4v) is 3.32. The first kappa shape index (κ1) is 14.7. The Hall–Kier alpha value is -2.83. The number of urea groups is 1. The van der Waals surface area contributed by atoms with Crippen molar-refractivity contribution in [3.63, 3.8) is 0 Å². The van der Waals surface area contributed by atoms with Crippen molar-refractivity contribution >= 4 is 11.7 Å². The number of nitrogens with one attached hydrogen (secondary N) is 3. The van der Waals surface area contributed by atoms with E-state index in [-0.39, 0.29) is 12.1 Å². The van der Waals surface area contributed by atoms with Crippen LogP contribution in [0.15, 0.2) is 30.6 Å². The Morgan fingerprint density at radius 2 is 2.38 bits per heavy atom. The van der Waals surface area contributed by atoms with Gasteiger partial charge in [-0.1, -0.05) is 6.07 Å². The third-order valence-corrected chi connectivity index (χ3v) is 4.60. The summed E-state index contributed by atoms with van der Waals surface area (Å²) in [5.41, 5.74) is 5.22. The minimum atomic E-state index is -0.141. The summed E-state index contributed by atoms with van der Waals surface area (Å²) in [5.74, 6) is 0. The fourth-order valence-electron chi connectivity index (χ4n) is 3.32. The summed E-state index contributed by atoms with van der Waals surface area (Å²) in [4.78, 5) is 16.7. The second-order valence-corrected chi connectivity index (χ2v) is 6.21. The van der Waals surface area contributed by atoms with Crippen molar-refractivity contribution in [3.8, 4) is 0 Å². The van der Waals surface area contributed by atoms with Gasteiger partial charge in [0, 0.05) is 17.9 Å². The van der Waals surface area contributed by atoms with E-state index < -0.39 is 0 Å². The molecule has 0 saturated carbocycles. The predicted molar refractivity (Wildman–Crippen MR) is 89.7 cm³/mol.